The Hall–Kier alpha value is -2.77. The van der Waals surface area contributed by atoms with Crippen LogP contribution in [0, 0.1) is 0 Å². The Labute approximate surface area is 148 Å². The summed E-state index contributed by atoms with van der Waals surface area (Å²) < 4.78 is 26.6. The Balaban J connectivity index is 1.94. The summed E-state index contributed by atoms with van der Waals surface area (Å²) in [5.41, 5.74) is 10.2. The zero-order valence-electron chi connectivity index (χ0n) is 13.5. The molecule has 2 heterocycles. The van der Waals surface area contributed by atoms with Crippen LogP contribution in [0.2, 0.25) is 0 Å². The Morgan fingerprint density at radius 1 is 1.04 bits per heavy atom. The Bertz CT molecular complexity index is 896. The Morgan fingerprint density at radius 3 is 2.32 bits per heavy atom. The predicted molar refractivity (Wildman–Crippen MR) is 96.5 cm³/mol. The van der Waals surface area contributed by atoms with E-state index in [2.05, 4.69) is 9.97 Å². The maximum Gasteiger partial charge on any atom is 0.212 e. The summed E-state index contributed by atoms with van der Waals surface area (Å²) in [6.45, 7) is 0. The minimum absolute atomic E-state index is 0.00301. The van der Waals surface area contributed by atoms with Gasteiger partial charge in [-0.25, -0.2) is 9.97 Å². The smallest absolute Gasteiger partial charge is 0.212 e. The second-order valence-electron chi connectivity index (χ2n) is 5.39. The van der Waals surface area contributed by atoms with E-state index in [1.807, 2.05) is 24.3 Å². The van der Waals surface area contributed by atoms with E-state index < -0.39 is 11.1 Å². The van der Waals surface area contributed by atoms with Crippen LogP contribution in [-0.2, 0) is 16.8 Å². The molecule has 0 aliphatic heterocycles. The second kappa shape index (κ2) is 7.42. The van der Waals surface area contributed by atoms with E-state index in [0.29, 0.717) is 11.7 Å². The molecule has 1 atom stereocenters. The van der Waals surface area contributed by atoms with E-state index in [0.717, 1.165) is 27.8 Å². The number of benzene rings is 1. The van der Waals surface area contributed by atoms with Gasteiger partial charge in [0.25, 0.3) is 0 Å². The van der Waals surface area contributed by atoms with Crippen molar-refractivity contribution in [3.8, 4) is 28.1 Å². The Kier molecular flexibility index (Phi) is 5.06. The molecule has 128 valence electrons. The van der Waals surface area contributed by atoms with Crippen molar-refractivity contribution in [3.05, 3.63) is 60.4 Å². The highest BCUT2D eigenvalue weighted by Crippen LogP contribution is 2.30. The number of aromatic nitrogens is 2. The standard InChI is InChI=1S/C18H17N3O3S/c1-24-17-7-6-14(9-20-17)16-8-15(10-21-18(16)19)13-4-2-12(3-5-13)11-25(22)23/h2-10H,11H2,1H3,(H2,19,21)(H,22,23)/p-1. The van der Waals surface area contributed by atoms with Crippen LogP contribution >= 0.6 is 0 Å². The molecule has 0 radical (unpaired) electrons. The fourth-order valence-corrected chi connectivity index (χ4v) is 2.92. The molecule has 0 aliphatic rings. The van der Waals surface area contributed by atoms with Gasteiger partial charge in [-0.1, -0.05) is 35.3 Å². The summed E-state index contributed by atoms with van der Waals surface area (Å²) >= 11 is -2.10. The normalized spacial score (nSPS) is 11.9. The van der Waals surface area contributed by atoms with Gasteiger partial charge in [0.15, 0.2) is 0 Å². The van der Waals surface area contributed by atoms with Gasteiger partial charge >= 0.3 is 0 Å². The summed E-state index contributed by atoms with van der Waals surface area (Å²) in [6.07, 6.45) is 3.37. The number of nitrogens with two attached hydrogens (primary N) is 1. The van der Waals surface area contributed by atoms with Gasteiger partial charge < -0.3 is 15.0 Å². The molecule has 0 aliphatic carbocycles. The third-order valence-corrected chi connectivity index (χ3v) is 4.32. The average molecular weight is 354 g/mol. The van der Waals surface area contributed by atoms with Crippen LogP contribution in [0.1, 0.15) is 5.56 Å². The van der Waals surface area contributed by atoms with Crippen molar-refractivity contribution in [2.75, 3.05) is 12.8 Å². The second-order valence-corrected chi connectivity index (χ2v) is 6.29. The number of hydrogen-bond donors (Lipinski definition) is 1. The highest BCUT2D eigenvalue weighted by Gasteiger charge is 2.08. The minimum Gasteiger partial charge on any atom is -0.772 e. The Morgan fingerprint density at radius 2 is 1.72 bits per heavy atom. The van der Waals surface area contributed by atoms with E-state index in [1.54, 1.807) is 37.7 Å². The van der Waals surface area contributed by atoms with Gasteiger partial charge in [0, 0.05) is 40.9 Å². The first-order valence-electron chi connectivity index (χ1n) is 7.48. The lowest BCUT2D eigenvalue weighted by Gasteiger charge is -2.10. The van der Waals surface area contributed by atoms with E-state index in [-0.39, 0.29) is 5.75 Å². The molecule has 3 rings (SSSR count). The highest BCUT2D eigenvalue weighted by atomic mass is 32.2. The lowest BCUT2D eigenvalue weighted by atomic mass is 10.0. The van der Waals surface area contributed by atoms with Crippen LogP contribution in [-0.4, -0.2) is 25.8 Å². The van der Waals surface area contributed by atoms with E-state index in [9.17, 15) is 8.76 Å². The van der Waals surface area contributed by atoms with Crippen LogP contribution in [0.3, 0.4) is 0 Å². The quantitative estimate of drug-likeness (QED) is 0.707. The molecule has 0 spiro atoms. The summed E-state index contributed by atoms with van der Waals surface area (Å²) in [5, 5.41) is 0. The van der Waals surface area contributed by atoms with Crippen molar-refractivity contribution in [2.45, 2.75) is 5.75 Å². The summed E-state index contributed by atoms with van der Waals surface area (Å²) in [6, 6.07) is 12.9. The van der Waals surface area contributed by atoms with Crippen molar-refractivity contribution >= 4 is 16.9 Å². The molecule has 0 bridgehead atoms. The number of ether oxygens (including phenoxy) is 1. The van der Waals surface area contributed by atoms with Gasteiger partial charge in [-0.05, 0) is 23.3 Å². The number of hydrogen-bond acceptors (Lipinski definition) is 6. The fraction of sp³-hybridized carbons (Fsp3) is 0.111. The molecular formula is C18H16N3O3S-. The van der Waals surface area contributed by atoms with Crippen LogP contribution < -0.4 is 10.5 Å². The first-order valence-corrected chi connectivity index (χ1v) is 8.72. The molecule has 1 unspecified atom stereocenters. The maximum absolute atomic E-state index is 10.8. The third kappa shape index (κ3) is 4.01. The van der Waals surface area contributed by atoms with Gasteiger partial charge in [-0.15, -0.1) is 0 Å². The number of pyridine rings is 2. The number of anilines is 1. The molecule has 0 fully saturated rings. The fourth-order valence-electron chi connectivity index (χ4n) is 2.45. The maximum atomic E-state index is 10.8. The number of methoxy groups -OCH3 is 1. The largest absolute Gasteiger partial charge is 0.772 e. The molecular weight excluding hydrogens is 338 g/mol. The van der Waals surface area contributed by atoms with Gasteiger partial charge in [-0.2, -0.15) is 0 Å². The number of rotatable bonds is 5. The van der Waals surface area contributed by atoms with Crippen LogP contribution in [0.5, 0.6) is 5.88 Å². The molecule has 2 N–H and O–H groups in total. The van der Waals surface area contributed by atoms with Gasteiger partial charge in [-0.3, -0.25) is 4.21 Å². The zero-order chi connectivity index (χ0) is 17.8. The summed E-state index contributed by atoms with van der Waals surface area (Å²) in [4.78, 5) is 8.46. The summed E-state index contributed by atoms with van der Waals surface area (Å²) in [7, 11) is 1.56. The van der Waals surface area contributed by atoms with Crippen molar-refractivity contribution in [1.29, 1.82) is 0 Å². The molecule has 7 heteroatoms. The van der Waals surface area contributed by atoms with Gasteiger partial charge in [0.05, 0.1) is 7.11 Å². The first kappa shape index (κ1) is 17.1. The van der Waals surface area contributed by atoms with Crippen molar-refractivity contribution < 1.29 is 13.5 Å². The highest BCUT2D eigenvalue weighted by molar-refractivity contribution is 7.78. The topological polar surface area (TPSA) is 101 Å². The van der Waals surface area contributed by atoms with Crippen LogP contribution in [0.15, 0.2) is 54.9 Å². The SMILES string of the molecule is COc1ccc(-c2cc(-c3ccc(CS(=O)[O-])cc3)cnc2N)cn1. The molecule has 3 aromatic rings. The van der Waals surface area contributed by atoms with Crippen molar-refractivity contribution in [2.24, 2.45) is 0 Å². The minimum atomic E-state index is -2.10. The average Bonchev–Trinajstić information content (AvgIpc) is 2.62. The van der Waals surface area contributed by atoms with Gasteiger partial charge in [0.1, 0.15) is 5.82 Å². The van der Waals surface area contributed by atoms with Crippen molar-refractivity contribution in [1.82, 2.24) is 9.97 Å². The molecule has 6 nitrogen and oxygen atoms in total. The molecule has 2 aromatic heterocycles. The van der Waals surface area contributed by atoms with E-state index >= 15 is 0 Å². The zero-order valence-corrected chi connectivity index (χ0v) is 14.3. The van der Waals surface area contributed by atoms with Gasteiger partial charge in [0.2, 0.25) is 5.88 Å². The monoisotopic (exact) mass is 354 g/mol. The summed E-state index contributed by atoms with van der Waals surface area (Å²) in [5.74, 6) is 0.940. The third-order valence-electron chi connectivity index (χ3n) is 3.75. The first-order chi connectivity index (χ1) is 12.1. The number of nitrogens with zero attached hydrogens (tertiary/aromatic N) is 2. The lowest BCUT2D eigenvalue weighted by molar-refractivity contribution is 0.398. The van der Waals surface area contributed by atoms with E-state index in [1.165, 1.54) is 0 Å². The lowest BCUT2D eigenvalue weighted by Crippen LogP contribution is -1.96. The molecule has 0 saturated heterocycles. The number of nitrogen functional groups attached to an aromatic ring is 1. The van der Waals surface area contributed by atoms with Crippen LogP contribution in [0.4, 0.5) is 5.82 Å². The van der Waals surface area contributed by atoms with Crippen molar-refractivity contribution in [3.63, 3.8) is 0 Å². The molecule has 0 amide bonds. The molecule has 1 aromatic carbocycles. The molecule has 0 saturated carbocycles. The van der Waals surface area contributed by atoms with Crippen LogP contribution in [0.25, 0.3) is 22.3 Å². The predicted octanol–water partition coefficient (Wildman–Crippen LogP) is 2.78. The molecule has 25 heavy (non-hydrogen) atoms. The van der Waals surface area contributed by atoms with E-state index in [4.69, 9.17) is 10.5 Å².